The van der Waals surface area contributed by atoms with Crippen molar-refractivity contribution in [3.63, 3.8) is 0 Å². The number of carbonyl (C=O) groups is 2. The fraction of sp³-hybridized carbons (Fsp3) is 0.533. The van der Waals surface area contributed by atoms with Gasteiger partial charge in [-0.25, -0.2) is 9.78 Å². The quantitative estimate of drug-likeness (QED) is 0.869. The number of hydrogen-bond donors (Lipinski definition) is 2. The van der Waals surface area contributed by atoms with E-state index in [-0.39, 0.29) is 18.9 Å². The fourth-order valence-corrected chi connectivity index (χ4v) is 1.54. The summed E-state index contributed by atoms with van der Waals surface area (Å²) in [6.07, 6.45) is 1.22. The van der Waals surface area contributed by atoms with Gasteiger partial charge in [0.15, 0.2) is 0 Å². The number of hydrogen-bond acceptors (Lipinski definition) is 5. The average Bonchev–Trinajstić information content (AvgIpc) is 2.37. The van der Waals surface area contributed by atoms with Crippen LogP contribution in [0.4, 0.5) is 16.3 Å². The zero-order chi connectivity index (χ0) is 16.8. The molecule has 1 rings (SSSR count). The predicted molar refractivity (Wildman–Crippen MR) is 86.0 cm³/mol. The Bertz CT molecular complexity index is 507. The third-order valence-electron chi connectivity index (χ3n) is 2.51. The second-order valence-electron chi connectivity index (χ2n) is 6.03. The Morgan fingerprint density at radius 2 is 1.95 bits per heavy atom. The Morgan fingerprint density at radius 1 is 1.27 bits per heavy atom. The molecule has 0 aliphatic rings. The van der Waals surface area contributed by atoms with Crippen molar-refractivity contribution in [3.8, 4) is 0 Å². The highest BCUT2D eigenvalue weighted by Crippen LogP contribution is 2.11. The molecule has 0 saturated heterocycles. The van der Waals surface area contributed by atoms with Crippen LogP contribution in [-0.4, -0.2) is 43.2 Å². The Morgan fingerprint density at radius 3 is 2.45 bits per heavy atom. The summed E-state index contributed by atoms with van der Waals surface area (Å²) in [6, 6.07) is 3.59. The van der Waals surface area contributed by atoms with Gasteiger partial charge in [-0.15, -0.1) is 0 Å². The van der Waals surface area contributed by atoms with Crippen molar-refractivity contribution >= 4 is 23.5 Å². The summed E-state index contributed by atoms with van der Waals surface area (Å²) in [5.41, 5.74) is 0.0690. The number of rotatable bonds is 5. The largest absolute Gasteiger partial charge is 0.444 e. The number of aromatic nitrogens is 1. The molecular formula is C15H24N4O3. The van der Waals surface area contributed by atoms with Crippen LogP contribution in [0.1, 0.15) is 27.2 Å². The first-order chi connectivity index (χ1) is 10.2. The molecule has 0 aromatic carbocycles. The molecule has 0 saturated carbocycles. The van der Waals surface area contributed by atoms with E-state index >= 15 is 0 Å². The van der Waals surface area contributed by atoms with Gasteiger partial charge in [0.1, 0.15) is 11.4 Å². The van der Waals surface area contributed by atoms with Gasteiger partial charge in [-0.1, -0.05) is 0 Å². The van der Waals surface area contributed by atoms with E-state index in [1.165, 1.54) is 0 Å². The lowest BCUT2D eigenvalue weighted by Gasteiger charge is -2.19. The minimum absolute atomic E-state index is 0.161. The van der Waals surface area contributed by atoms with Gasteiger partial charge in [-0.05, 0) is 32.9 Å². The van der Waals surface area contributed by atoms with Crippen molar-refractivity contribution < 1.29 is 14.3 Å². The van der Waals surface area contributed by atoms with Gasteiger partial charge in [0, 0.05) is 27.1 Å². The highest BCUT2D eigenvalue weighted by molar-refractivity contribution is 5.90. The van der Waals surface area contributed by atoms with Gasteiger partial charge >= 0.3 is 6.09 Å². The van der Waals surface area contributed by atoms with Crippen molar-refractivity contribution in [3.05, 3.63) is 18.3 Å². The smallest absolute Gasteiger partial charge is 0.407 e. The Hall–Kier alpha value is -2.31. The second-order valence-corrected chi connectivity index (χ2v) is 6.03. The summed E-state index contributed by atoms with van der Waals surface area (Å²) in [5, 5.41) is 5.25. The topological polar surface area (TPSA) is 83.6 Å². The molecule has 22 heavy (non-hydrogen) atoms. The van der Waals surface area contributed by atoms with Crippen LogP contribution in [0, 0.1) is 0 Å². The predicted octanol–water partition coefficient (Wildman–Crippen LogP) is 2.00. The number of amides is 2. The number of nitrogens with zero attached hydrogens (tertiary/aromatic N) is 2. The monoisotopic (exact) mass is 308 g/mol. The molecule has 1 aromatic heterocycles. The van der Waals surface area contributed by atoms with Crippen LogP contribution in [-0.2, 0) is 9.53 Å². The van der Waals surface area contributed by atoms with E-state index in [2.05, 4.69) is 15.6 Å². The maximum atomic E-state index is 11.8. The van der Waals surface area contributed by atoms with Gasteiger partial charge in [-0.3, -0.25) is 4.79 Å². The molecular weight excluding hydrogens is 284 g/mol. The lowest BCUT2D eigenvalue weighted by Crippen LogP contribution is -2.34. The van der Waals surface area contributed by atoms with Crippen molar-refractivity contribution in [2.45, 2.75) is 32.8 Å². The van der Waals surface area contributed by atoms with Gasteiger partial charge in [0.25, 0.3) is 0 Å². The zero-order valence-corrected chi connectivity index (χ0v) is 13.8. The molecule has 0 spiro atoms. The van der Waals surface area contributed by atoms with Crippen LogP contribution in [0.2, 0.25) is 0 Å². The van der Waals surface area contributed by atoms with Crippen LogP contribution in [0.15, 0.2) is 18.3 Å². The molecule has 1 heterocycles. The number of anilines is 2. The molecule has 122 valence electrons. The van der Waals surface area contributed by atoms with Gasteiger partial charge < -0.3 is 20.3 Å². The zero-order valence-electron chi connectivity index (χ0n) is 13.8. The number of ether oxygens (including phenoxy) is 1. The molecule has 0 bridgehead atoms. The van der Waals surface area contributed by atoms with E-state index in [0.717, 1.165) is 5.82 Å². The molecule has 0 fully saturated rings. The first kappa shape index (κ1) is 17.7. The number of nitrogens with one attached hydrogen (secondary N) is 2. The molecule has 2 N–H and O–H groups in total. The van der Waals surface area contributed by atoms with Crippen molar-refractivity contribution in [2.75, 3.05) is 30.9 Å². The van der Waals surface area contributed by atoms with Gasteiger partial charge in [-0.2, -0.15) is 0 Å². The summed E-state index contributed by atoms with van der Waals surface area (Å²) in [5.74, 6) is 0.611. The Labute approximate surface area is 131 Å². The normalized spacial score (nSPS) is 10.8. The lowest BCUT2D eigenvalue weighted by molar-refractivity contribution is -0.116. The number of pyridine rings is 1. The highest BCUT2D eigenvalue weighted by Gasteiger charge is 2.15. The molecule has 0 unspecified atom stereocenters. The van der Waals surface area contributed by atoms with Crippen molar-refractivity contribution in [1.29, 1.82) is 0 Å². The molecule has 7 heteroatoms. The van der Waals surface area contributed by atoms with E-state index in [4.69, 9.17) is 4.74 Å². The highest BCUT2D eigenvalue weighted by atomic mass is 16.6. The molecule has 1 aromatic rings. The molecule has 0 atom stereocenters. The first-order valence-corrected chi connectivity index (χ1v) is 7.07. The van der Waals surface area contributed by atoms with E-state index in [1.54, 1.807) is 33.0 Å². The summed E-state index contributed by atoms with van der Waals surface area (Å²) in [4.78, 5) is 29.2. The van der Waals surface area contributed by atoms with Crippen LogP contribution < -0.4 is 15.5 Å². The maximum absolute atomic E-state index is 11.8. The molecule has 0 aliphatic carbocycles. The fourth-order valence-electron chi connectivity index (χ4n) is 1.54. The summed E-state index contributed by atoms with van der Waals surface area (Å²) >= 11 is 0. The lowest BCUT2D eigenvalue weighted by atomic mass is 10.2. The van der Waals surface area contributed by atoms with Gasteiger partial charge in [0.2, 0.25) is 5.91 Å². The standard InChI is InChI=1S/C15H24N4O3/c1-15(2,3)22-14(21)16-9-8-13(20)18-11-6-7-12(17-10-11)19(4)5/h6-7,10H,8-9H2,1-5H3,(H,16,21)(H,18,20). The SMILES string of the molecule is CN(C)c1ccc(NC(=O)CCNC(=O)OC(C)(C)C)cn1. The Balaban J connectivity index is 2.33. The van der Waals surface area contributed by atoms with Crippen LogP contribution in [0.5, 0.6) is 0 Å². The van der Waals surface area contributed by atoms with E-state index < -0.39 is 11.7 Å². The maximum Gasteiger partial charge on any atom is 0.407 e. The third kappa shape index (κ3) is 6.92. The van der Waals surface area contributed by atoms with Crippen LogP contribution in [0.25, 0.3) is 0 Å². The summed E-state index contributed by atoms with van der Waals surface area (Å²) in [7, 11) is 3.78. The molecule has 0 aliphatic heterocycles. The second kappa shape index (κ2) is 7.63. The van der Waals surface area contributed by atoms with Crippen LogP contribution in [0.3, 0.4) is 0 Å². The van der Waals surface area contributed by atoms with Crippen LogP contribution >= 0.6 is 0 Å². The summed E-state index contributed by atoms with van der Waals surface area (Å²) in [6.45, 7) is 5.56. The average molecular weight is 308 g/mol. The van der Waals surface area contributed by atoms with E-state index in [9.17, 15) is 9.59 Å². The van der Waals surface area contributed by atoms with E-state index in [0.29, 0.717) is 5.69 Å². The first-order valence-electron chi connectivity index (χ1n) is 7.07. The summed E-state index contributed by atoms with van der Waals surface area (Å²) < 4.78 is 5.08. The minimum Gasteiger partial charge on any atom is -0.444 e. The van der Waals surface area contributed by atoms with Crippen molar-refractivity contribution in [1.82, 2.24) is 10.3 Å². The van der Waals surface area contributed by atoms with Crippen molar-refractivity contribution in [2.24, 2.45) is 0 Å². The third-order valence-corrected chi connectivity index (χ3v) is 2.51. The molecule has 7 nitrogen and oxygen atoms in total. The molecule has 2 amide bonds. The van der Waals surface area contributed by atoms with Gasteiger partial charge in [0.05, 0.1) is 11.9 Å². The number of alkyl carbamates (subject to hydrolysis) is 1. The minimum atomic E-state index is -0.549. The number of carbonyl (C=O) groups excluding carboxylic acids is 2. The molecule has 0 radical (unpaired) electrons. The van der Waals surface area contributed by atoms with E-state index in [1.807, 2.05) is 25.1 Å². The Kier molecular flexibility index (Phi) is 6.15.